The smallest absolute Gasteiger partial charge is 0.338 e. The third kappa shape index (κ3) is 4.83. The van der Waals surface area contributed by atoms with Crippen LogP contribution in [0.4, 0.5) is 0 Å². The van der Waals surface area contributed by atoms with Crippen molar-refractivity contribution in [1.82, 2.24) is 4.90 Å². The number of benzene rings is 1. The fourth-order valence-corrected chi connectivity index (χ4v) is 3.24. The summed E-state index contributed by atoms with van der Waals surface area (Å²) in [5, 5.41) is 0. The summed E-state index contributed by atoms with van der Waals surface area (Å²) in [5.41, 5.74) is 0.398. The molecule has 0 bridgehead atoms. The summed E-state index contributed by atoms with van der Waals surface area (Å²) in [6.45, 7) is 0.144. The average Bonchev–Trinajstić information content (AvgIpc) is 2.89. The SMILES string of the molecule is CN(Cc1ccc(Cl)s1)C(=O)COC(=O)c1cccc(Br)c1. The quantitative estimate of drug-likeness (QED) is 0.711. The van der Waals surface area contributed by atoms with E-state index >= 15 is 0 Å². The number of halogens is 2. The maximum atomic E-state index is 12.0. The normalized spacial score (nSPS) is 10.3. The number of hydrogen-bond donors (Lipinski definition) is 0. The Morgan fingerprint density at radius 3 is 2.73 bits per heavy atom. The second-order valence-corrected chi connectivity index (χ2v) is 7.26. The van der Waals surface area contributed by atoms with Crippen molar-refractivity contribution < 1.29 is 14.3 Å². The van der Waals surface area contributed by atoms with Gasteiger partial charge in [-0.3, -0.25) is 4.79 Å². The number of hydrogen-bond acceptors (Lipinski definition) is 4. The number of ether oxygens (including phenoxy) is 1. The van der Waals surface area contributed by atoms with E-state index in [1.807, 2.05) is 12.1 Å². The molecule has 0 saturated carbocycles. The van der Waals surface area contributed by atoms with Gasteiger partial charge in [0, 0.05) is 16.4 Å². The zero-order valence-corrected chi connectivity index (χ0v) is 14.9. The fraction of sp³-hybridized carbons (Fsp3) is 0.200. The molecule has 0 saturated heterocycles. The van der Waals surface area contributed by atoms with Gasteiger partial charge in [0.2, 0.25) is 0 Å². The van der Waals surface area contributed by atoms with E-state index in [4.69, 9.17) is 16.3 Å². The topological polar surface area (TPSA) is 46.6 Å². The fourth-order valence-electron chi connectivity index (χ4n) is 1.69. The third-order valence-corrected chi connectivity index (χ3v) is 4.54. The van der Waals surface area contributed by atoms with Crippen LogP contribution < -0.4 is 0 Å². The molecule has 22 heavy (non-hydrogen) atoms. The average molecular weight is 403 g/mol. The second-order valence-electron chi connectivity index (χ2n) is 4.54. The number of carbonyl (C=O) groups is 2. The van der Waals surface area contributed by atoms with Gasteiger partial charge >= 0.3 is 5.97 Å². The van der Waals surface area contributed by atoms with Gasteiger partial charge in [-0.25, -0.2) is 4.79 Å². The van der Waals surface area contributed by atoms with Crippen LogP contribution in [0.5, 0.6) is 0 Å². The number of thiophene rings is 1. The van der Waals surface area contributed by atoms with Gasteiger partial charge in [0.1, 0.15) is 0 Å². The molecule has 0 aliphatic carbocycles. The van der Waals surface area contributed by atoms with Crippen molar-refractivity contribution in [2.45, 2.75) is 6.54 Å². The van der Waals surface area contributed by atoms with Gasteiger partial charge in [-0.05, 0) is 30.3 Å². The molecule has 116 valence electrons. The Morgan fingerprint density at radius 1 is 1.32 bits per heavy atom. The lowest BCUT2D eigenvalue weighted by Gasteiger charge is -2.16. The Labute approximate surface area is 145 Å². The first-order chi connectivity index (χ1) is 10.5. The van der Waals surface area contributed by atoms with Crippen LogP contribution in [0, 0.1) is 0 Å². The molecule has 0 spiro atoms. The first-order valence-corrected chi connectivity index (χ1v) is 8.35. The minimum atomic E-state index is -0.526. The van der Waals surface area contributed by atoms with Crippen molar-refractivity contribution in [3.63, 3.8) is 0 Å². The van der Waals surface area contributed by atoms with Crippen LogP contribution in [0.2, 0.25) is 4.34 Å². The molecular weight excluding hydrogens is 390 g/mol. The molecule has 2 rings (SSSR count). The molecule has 4 nitrogen and oxygen atoms in total. The number of esters is 1. The van der Waals surface area contributed by atoms with Crippen LogP contribution in [0.25, 0.3) is 0 Å². The maximum Gasteiger partial charge on any atom is 0.338 e. The first kappa shape index (κ1) is 17.0. The lowest BCUT2D eigenvalue weighted by Crippen LogP contribution is -2.30. The van der Waals surface area contributed by atoms with E-state index in [0.29, 0.717) is 16.4 Å². The molecule has 0 atom stereocenters. The highest BCUT2D eigenvalue weighted by Crippen LogP contribution is 2.22. The van der Waals surface area contributed by atoms with Crippen LogP contribution in [0.1, 0.15) is 15.2 Å². The minimum Gasteiger partial charge on any atom is -0.452 e. The number of amides is 1. The summed E-state index contributed by atoms with van der Waals surface area (Å²) in [4.78, 5) is 26.3. The molecule has 0 aliphatic heterocycles. The summed E-state index contributed by atoms with van der Waals surface area (Å²) in [7, 11) is 1.66. The van der Waals surface area contributed by atoms with Gasteiger partial charge in [0.05, 0.1) is 16.4 Å². The molecule has 1 amide bonds. The van der Waals surface area contributed by atoms with Crippen molar-refractivity contribution in [2.24, 2.45) is 0 Å². The highest BCUT2D eigenvalue weighted by molar-refractivity contribution is 9.10. The van der Waals surface area contributed by atoms with Gasteiger partial charge in [-0.15, -0.1) is 11.3 Å². The van der Waals surface area contributed by atoms with E-state index in [0.717, 1.165) is 9.35 Å². The van der Waals surface area contributed by atoms with Crippen molar-refractivity contribution in [2.75, 3.05) is 13.7 Å². The Bertz CT molecular complexity index is 689. The van der Waals surface area contributed by atoms with Gasteiger partial charge in [-0.1, -0.05) is 33.6 Å². The zero-order chi connectivity index (χ0) is 16.1. The van der Waals surface area contributed by atoms with Crippen molar-refractivity contribution >= 4 is 50.7 Å². The van der Waals surface area contributed by atoms with E-state index < -0.39 is 5.97 Å². The molecule has 0 N–H and O–H groups in total. The van der Waals surface area contributed by atoms with Crippen LogP contribution >= 0.6 is 38.9 Å². The van der Waals surface area contributed by atoms with Crippen molar-refractivity contribution in [1.29, 1.82) is 0 Å². The summed E-state index contributed by atoms with van der Waals surface area (Å²) in [5.74, 6) is -0.796. The summed E-state index contributed by atoms with van der Waals surface area (Å²) >= 11 is 10.5. The standard InChI is InChI=1S/C15H13BrClNO3S/c1-18(8-12-5-6-13(17)22-12)14(19)9-21-15(20)10-3-2-4-11(16)7-10/h2-7H,8-9H2,1H3. The molecule has 0 fully saturated rings. The molecule has 1 aromatic carbocycles. The predicted octanol–water partition coefficient (Wildman–Crippen LogP) is 3.98. The monoisotopic (exact) mass is 401 g/mol. The Balaban J connectivity index is 1.85. The second kappa shape index (κ2) is 7.76. The Morgan fingerprint density at radius 2 is 2.09 bits per heavy atom. The number of carbonyl (C=O) groups excluding carboxylic acids is 2. The van der Waals surface area contributed by atoms with Crippen LogP contribution in [-0.4, -0.2) is 30.4 Å². The summed E-state index contributed by atoms with van der Waals surface area (Å²) in [6, 6.07) is 10.5. The van der Waals surface area contributed by atoms with E-state index in [2.05, 4.69) is 15.9 Å². The number of likely N-dealkylation sites (N-methyl/N-ethyl adjacent to an activating group) is 1. The van der Waals surface area contributed by atoms with Gasteiger partial charge in [0.15, 0.2) is 6.61 Å². The molecule has 1 aromatic heterocycles. The lowest BCUT2D eigenvalue weighted by atomic mass is 10.2. The highest BCUT2D eigenvalue weighted by Gasteiger charge is 2.14. The zero-order valence-electron chi connectivity index (χ0n) is 11.7. The summed E-state index contributed by atoms with van der Waals surface area (Å²) in [6.07, 6.45) is 0. The van der Waals surface area contributed by atoms with E-state index in [1.165, 1.54) is 16.2 Å². The molecule has 0 radical (unpaired) electrons. The minimum absolute atomic E-state index is 0.270. The van der Waals surface area contributed by atoms with Crippen molar-refractivity contribution in [3.8, 4) is 0 Å². The largest absolute Gasteiger partial charge is 0.452 e. The molecule has 0 unspecified atom stereocenters. The van der Waals surface area contributed by atoms with E-state index in [-0.39, 0.29) is 12.5 Å². The number of nitrogens with zero attached hydrogens (tertiary/aromatic N) is 1. The molecule has 2 aromatic rings. The molecule has 0 aliphatic rings. The van der Waals surface area contributed by atoms with E-state index in [9.17, 15) is 9.59 Å². The van der Waals surface area contributed by atoms with Gasteiger partial charge in [0.25, 0.3) is 5.91 Å². The Hall–Kier alpha value is -1.37. The van der Waals surface area contributed by atoms with Crippen LogP contribution in [0.3, 0.4) is 0 Å². The molecular formula is C15H13BrClNO3S. The third-order valence-electron chi connectivity index (χ3n) is 2.83. The summed E-state index contributed by atoms with van der Waals surface area (Å²) < 4.78 is 6.49. The van der Waals surface area contributed by atoms with Crippen molar-refractivity contribution in [3.05, 3.63) is 55.6 Å². The van der Waals surface area contributed by atoms with Crippen LogP contribution in [0.15, 0.2) is 40.9 Å². The first-order valence-electron chi connectivity index (χ1n) is 6.36. The van der Waals surface area contributed by atoms with Gasteiger partial charge < -0.3 is 9.64 Å². The van der Waals surface area contributed by atoms with Gasteiger partial charge in [-0.2, -0.15) is 0 Å². The molecule has 1 heterocycles. The Kier molecular flexibility index (Phi) is 5.99. The van der Waals surface area contributed by atoms with E-state index in [1.54, 1.807) is 31.3 Å². The lowest BCUT2D eigenvalue weighted by molar-refractivity contribution is -0.133. The van der Waals surface area contributed by atoms with Crippen LogP contribution in [-0.2, 0) is 16.1 Å². The maximum absolute atomic E-state index is 12.0. The number of rotatable bonds is 5. The molecule has 7 heteroatoms. The highest BCUT2D eigenvalue weighted by atomic mass is 79.9. The predicted molar refractivity (Wildman–Crippen MR) is 90.2 cm³/mol.